The Balaban J connectivity index is 2.20. The van der Waals surface area contributed by atoms with Crippen molar-refractivity contribution in [3.05, 3.63) is 40.8 Å². The third kappa shape index (κ3) is 2.91. The Morgan fingerprint density at radius 2 is 2.18 bits per heavy atom. The third-order valence-corrected chi connectivity index (χ3v) is 2.79. The van der Waals surface area contributed by atoms with E-state index in [0.717, 1.165) is 16.0 Å². The smallest absolute Gasteiger partial charge is 0.222 e. The van der Waals surface area contributed by atoms with E-state index in [-0.39, 0.29) is 5.95 Å². The quantitative estimate of drug-likeness (QED) is 0.935. The SMILES string of the molecule is CN(Cc1ccccn1)c1nc(N)ncc1Br. The molecule has 0 unspecified atom stereocenters. The number of nitrogen functional groups attached to an aromatic ring is 1. The molecular formula is C11H12BrN5. The molecule has 6 heteroatoms. The van der Waals surface area contributed by atoms with E-state index in [9.17, 15) is 0 Å². The summed E-state index contributed by atoms with van der Waals surface area (Å²) >= 11 is 3.40. The van der Waals surface area contributed by atoms with Crippen LogP contribution in [0.3, 0.4) is 0 Å². The number of halogens is 1. The standard InChI is InChI=1S/C11H12BrN5/c1-17(7-8-4-2-3-5-14-8)10-9(12)6-15-11(13)16-10/h2-6H,7H2,1H3,(H2,13,15,16). The van der Waals surface area contributed by atoms with E-state index in [4.69, 9.17) is 5.73 Å². The molecule has 2 rings (SSSR count). The van der Waals surface area contributed by atoms with Gasteiger partial charge in [0.25, 0.3) is 0 Å². The number of aromatic nitrogens is 3. The number of anilines is 2. The maximum atomic E-state index is 5.57. The first-order chi connectivity index (χ1) is 8.16. The van der Waals surface area contributed by atoms with E-state index in [1.165, 1.54) is 0 Å². The average Bonchev–Trinajstić information content (AvgIpc) is 2.33. The van der Waals surface area contributed by atoms with Gasteiger partial charge in [-0.3, -0.25) is 4.98 Å². The molecule has 88 valence electrons. The summed E-state index contributed by atoms with van der Waals surface area (Å²) in [5.74, 6) is 1.01. The molecule has 2 N–H and O–H groups in total. The lowest BCUT2D eigenvalue weighted by Gasteiger charge is -2.18. The zero-order chi connectivity index (χ0) is 12.3. The molecule has 0 bridgehead atoms. The Bertz CT molecular complexity index is 502. The predicted molar refractivity (Wildman–Crippen MR) is 70.5 cm³/mol. The van der Waals surface area contributed by atoms with Gasteiger partial charge in [0, 0.05) is 19.4 Å². The van der Waals surface area contributed by atoms with Crippen LogP contribution in [0.15, 0.2) is 35.1 Å². The van der Waals surface area contributed by atoms with E-state index in [2.05, 4.69) is 30.9 Å². The highest BCUT2D eigenvalue weighted by Gasteiger charge is 2.09. The topological polar surface area (TPSA) is 67.9 Å². The molecule has 0 fully saturated rings. The van der Waals surface area contributed by atoms with Gasteiger partial charge in [-0.05, 0) is 28.1 Å². The summed E-state index contributed by atoms with van der Waals surface area (Å²) in [6.07, 6.45) is 3.42. The first-order valence-corrected chi connectivity index (χ1v) is 5.85. The molecule has 2 heterocycles. The average molecular weight is 294 g/mol. The fraction of sp³-hybridized carbons (Fsp3) is 0.182. The van der Waals surface area contributed by atoms with Gasteiger partial charge < -0.3 is 10.6 Å². The molecule has 0 aliphatic rings. The second-order valence-corrected chi connectivity index (χ2v) is 4.43. The number of hydrogen-bond donors (Lipinski definition) is 1. The van der Waals surface area contributed by atoms with Crippen LogP contribution in [0.5, 0.6) is 0 Å². The van der Waals surface area contributed by atoms with Crippen molar-refractivity contribution in [1.29, 1.82) is 0 Å². The fourth-order valence-electron chi connectivity index (χ4n) is 1.45. The Kier molecular flexibility index (Phi) is 3.53. The van der Waals surface area contributed by atoms with Crippen LogP contribution in [0.2, 0.25) is 0 Å². The van der Waals surface area contributed by atoms with Crippen LogP contribution in [-0.4, -0.2) is 22.0 Å². The van der Waals surface area contributed by atoms with Crippen molar-refractivity contribution in [1.82, 2.24) is 15.0 Å². The van der Waals surface area contributed by atoms with Crippen LogP contribution in [-0.2, 0) is 6.54 Å². The number of nitrogens with zero attached hydrogens (tertiary/aromatic N) is 4. The van der Waals surface area contributed by atoms with Crippen LogP contribution in [0.1, 0.15) is 5.69 Å². The van der Waals surface area contributed by atoms with E-state index in [0.29, 0.717) is 6.54 Å². The van der Waals surface area contributed by atoms with Gasteiger partial charge in [0.1, 0.15) is 5.82 Å². The lowest BCUT2D eigenvalue weighted by atomic mass is 10.3. The molecule has 2 aromatic rings. The summed E-state index contributed by atoms with van der Waals surface area (Å²) in [5, 5.41) is 0. The summed E-state index contributed by atoms with van der Waals surface area (Å²) in [6, 6.07) is 5.82. The minimum absolute atomic E-state index is 0.260. The van der Waals surface area contributed by atoms with E-state index in [1.807, 2.05) is 30.1 Å². The Morgan fingerprint density at radius 1 is 1.35 bits per heavy atom. The number of hydrogen-bond acceptors (Lipinski definition) is 5. The van der Waals surface area contributed by atoms with Crippen LogP contribution in [0, 0.1) is 0 Å². The molecule has 0 amide bonds. The number of nitrogens with two attached hydrogens (primary N) is 1. The predicted octanol–water partition coefficient (Wildman–Crippen LogP) is 1.85. The molecule has 0 aliphatic heterocycles. The minimum Gasteiger partial charge on any atom is -0.368 e. The van der Waals surface area contributed by atoms with Gasteiger partial charge in [-0.1, -0.05) is 6.07 Å². The van der Waals surface area contributed by atoms with Crippen molar-refractivity contribution >= 4 is 27.7 Å². The normalized spacial score (nSPS) is 10.2. The molecule has 0 saturated heterocycles. The number of rotatable bonds is 3. The van der Waals surface area contributed by atoms with Crippen molar-refractivity contribution in [2.24, 2.45) is 0 Å². The molecule has 2 aromatic heterocycles. The molecule has 0 atom stereocenters. The number of pyridine rings is 1. The largest absolute Gasteiger partial charge is 0.368 e. The highest BCUT2D eigenvalue weighted by Crippen LogP contribution is 2.23. The summed E-state index contributed by atoms with van der Waals surface area (Å²) in [4.78, 5) is 14.3. The molecule has 5 nitrogen and oxygen atoms in total. The summed E-state index contributed by atoms with van der Waals surface area (Å²) in [6.45, 7) is 0.663. The molecule has 0 aliphatic carbocycles. The first-order valence-electron chi connectivity index (χ1n) is 5.06. The monoisotopic (exact) mass is 293 g/mol. The van der Waals surface area contributed by atoms with E-state index < -0.39 is 0 Å². The van der Waals surface area contributed by atoms with Gasteiger partial charge >= 0.3 is 0 Å². The Hall–Kier alpha value is -1.69. The van der Waals surface area contributed by atoms with Gasteiger partial charge in [0.2, 0.25) is 5.95 Å². The van der Waals surface area contributed by atoms with Crippen LogP contribution in [0.4, 0.5) is 11.8 Å². The van der Waals surface area contributed by atoms with Gasteiger partial charge in [0.05, 0.1) is 16.7 Å². The van der Waals surface area contributed by atoms with E-state index >= 15 is 0 Å². The lowest BCUT2D eigenvalue weighted by Crippen LogP contribution is -2.19. The van der Waals surface area contributed by atoms with Gasteiger partial charge in [-0.25, -0.2) is 4.98 Å². The molecule has 0 spiro atoms. The van der Waals surface area contributed by atoms with Gasteiger partial charge in [0.15, 0.2) is 0 Å². The summed E-state index contributed by atoms with van der Waals surface area (Å²) < 4.78 is 0.810. The Morgan fingerprint density at radius 3 is 2.88 bits per heavy atom. The highest BCUT2D eigenvalue weighted by molar-refractivity contribution is 9.10. The second kappa shape index (κ2) is 5.09. The molecule has 0 saturated carbocycles. The minimum atomic E-state index is 0.260. The summed E-state index contributed by atoms with van der Waals surface area (Å²) in [7, 11) is 1.93. The van der Waals surface area contributed by atoms with Crippen molar-refractivity contribution in [3.63, 3.8) is 0 Å². The maximum Gasteiger partial charge on any atom is 0.222 e. The van der Waals surface area contributed by atoms with Crippen molar-refractivity contribution in [2.75, 3.05) is 17.7 Å². The molecule has 0 radical (unpaired) electrons. The summed E-state index contributed by atoms with van der Waals surface area (Å²) in [5.41, 5.74) is 6.54. The first kappa shape index (κ1) is 11.8. The Labute approximate surface area is 108 Å². The van der Waals surface area contributed by atoms with Crippen molar-refractivity contribution < 1.29 is 0 Å². The molecule has 17 heavy (non-hydrogen) atoms. The fourth-order valence-corrected chi connectivity index (χ4v) is 1.94. The van der Waals surface area contributed by atoms with Crippen LogP contribution < -0.4 is 10.6 Å². The van der Waals surface area contributed by atoms with Crippen molar-refractivity contribution in [2.45, 2.75) is 6.54 Å². The molecular weight excluding hydrogens is 282 g/mol. The second-order valence-electron chi connectivity index (χ2n) is 3.58. The highest BCUT2D eigenvalue weighted by atomic mass is 79.9. The van der Waals surface area contributed by atoms with Crippen LogP contribution in [0.25, 0.3) is 0 Å². The zero-order valence-electron chi connectivity index (χ0n) is 9.34. The zero-order valence-corrected chi connectivity index (χ0v) is 10.9. The molecule has 0 aromatic carbocycles. The van der Waals surface area contributed by atoms with Crippen LogP contribution >= 0.6 is 15.9 Å². The lowest BCUT2D eigenvalue weighted by molar-refractivity contribution is 0.859. The van der Waals surface area contributed by atoms with Gasteiger partial charge in [-0.2, -0.15) is 4.98 Å². The van der Waals surface area contributed by atoms with E-state index in [1.54, 1.807) is 12.4 Å². The van der Waals surface area contributed by atoms with Gasteiger partial charge in [-0.15, -0.1) is 0 Å². The van der Waals surface area contributed by atoms with Crippen molar-refractivity contribution in [3.8, 4) is 0 Å². The third-order valence-electron chi connectivity index (χ3n) is 2.23. The maximum absolute atomic E-state index is 5.57.